The molecular formula is C14H18F3NO3S. The summed E-state index contributed by atoms with van der Waals surface area (Å²) in [6, 6.07) is 2.36. The molecule has 8 heteroatoms. The fourth-order valence-corrected chi connectivity index (χ4v) is 3.51. The molecule has 1 amide bonds. The van der Waals surface area contributed by atoms with Crippen LogP contribution in [-0.4, -0.2) is 34.7 Å². The molecule has 0 saturated carbocycles. The zero-order valence-electron chi connectivity index (χ0n) is 12.1. The van der Waals surface area contributed by atoms with Crippen LogP contribution in [0.3, 0.4) is 0 Å². The van der Waals surface area contributed by atoms with Gasteiger partial charge in [-0.3, -0.25) is 4.79 Å². The molecule has 2 N–H and O–H groups in total. The summed E-state index contributed by atoms with van der Waals surface area (Å²) in [5, 5.41) is 12.7. The van der Waals surface area contributed by atoms with Crippen LogP contribution in [0.2, 0.25) is 0 Å². The standard InChI is InChI=1S/C14H18F3NO3S/c1-9-4-5-11(21-9)13(20,14(15,16)17)7-12(19)18-8-10-3-2-6-22-10/h4-5,10,20H,2-3,6-8H2,1H3,(H,18,19)/t10-,13-/m0/s1. The second-order valence-corrected chi connectivity index (χ2v) is 6.79. The molecule has 22 heavy (non-hydrogen) atoms. The molecule has 2 heterocycles. The Morgan fingerprint density at radius 3 is 2.73 bits per heavy atom. The zero-order chi connectivity index (χ0) is 16.4. The Bertz CT molecular complexity index is 526. The molecule has 2 atom stereocenters. The number of alkyl halides is 3. The first-order valence-corrected chi connectivity index (χ1v) is 8.01. The average molecular weight is 337 g/mol. The number of aryl methyl sites for hydroxylation is 1. The topological polar surface area (TPSA) is 62.5 Å². The van der Waals surface area contributed by atoms with Crippen molar-refractivity contribution in [2.45, 2.75) is 43.2 Å². The minimum absolute atomic E-state index is 0.230. The van der Waals surface area contributed by atoms with E-state index in [9.17, 15) is 23.1 Å². The summed E-state index contributed by atoms with van der Waals surface area (Å²) in [5.74, 6) is -0.275. The Balaban J connectivity index is 2.05. The second kappa shape index (κ2) is 6.54. The molecule has 1 aromatic rings. The van der Waals surface area contributed by atoms with Gasteiger partial charge in [0.15, 0.2) is 0 Å². The number of carbonyl (C=O) groups is 1. The van der Waals surface area contributed by atoms with Gasteiger partial charge in [-0.25, -0.2) is 0 Å². The number of thioether (sulfide) groups is 1. The maximum atomic E-state index is 13.2. The highest BCUT2D eigenvalue weighted by Crippen LogP contribution is 2.42. The molecule has 1 fully saturated rings. The quantitative estimate of drug-likeness (QED) is 0.867. The van der Waals surface area contributed by atoms with Crippen LogP contribution in [-0.2, 0) is 10.4 Å². The van der Waals surface area contributed by atoms with Crippen LogP contribution in [0.15, 0.2) is 16.5 Å². The lowest BCUT2D eigenvalue weighted by atomic mass is 9.95. The van der Waals surface area contributed by atoms with Gasteiger partial charge in [-0.2, -0.15) is 24.9 Å². The van der Waals surface area contributed by atoms with E-state index in [1.54, 1.807) is 11.8 Å². The Morgan fingerprint density at radius 2 is 2.23 bits per heavy atom. The minimum atomic E-state index is -5.00. The Labute approximate surface area is 130 Å². The van der Waals surface area contributed by atoms with E-state index in [0.717, 1.165) is 24.7 Å². The van der Waals surface area contributed by atoms with E-state index in [4.69, 9.17) is 4.42 Å². The molecular weight excluding hydrogens is 319 g/mol. The molecule has 4 nitrogen and oxygen atoms in total. The third-order valence-electron chi connectivity index (χ3n) is 3.58. The lowest BCUT2D eigenvalue weighted by molar-refractivity contribution is -0.273. The van der Waals surface area contributed by atoms with Crippen molar-refractivity contribution in [2.75, 3.05) is 12.3 Å². The van der Waals surface area contributed by atoms with Crippen molar-refractivity contribution in [3.8, 4) is 0 Å². The van der Waals surface area contributed by atoms with Gasteiger partial charge in [0.2, 0.25) is 11.5 Å². The van der Waals surface area contributed by atoms with Crippen LogP contribution in [0.5, 0.6) is 0 Å². The Morgan fingerprint density at radius 1 is 1.50 bits per heavy atom. The van der Waals surface area contributed by atoms with E-state index in [1.165, 1.54) is 13.0 Å². The highest BCUT2D eigenvalue weighted by atomic mass is 32.2. The normalized spacial score (nSPS) is 21.6. The van der Waals surface area contributed by atoms with E-state index in [2.05, 4.69) is 5.32 Å². The number of furan rings is 1. The average Bonchev–Trinajstić information content (AvgIpc) is 3.06. The van der Waals surface area contributed by atoms with Crippen LogP contribution >= 0.6 is 11.8 Å². The van der Waals surface area contributed by atoms with Gasteiger partial charge in [-0.1, -0.05) is 0 Å². The number of carbonyl (C=O) groups excluding carboxylic acids is 1. The van der Waals surface area contributed by atoms with Crippen molar-refractivity contribution in [1.29, 1.82) is 0 Å². The van der Waals surface area contributed by atoms with Crippen LogP contribution in [0.25, 0.3) is 0 Å². The highest BCUT2D eigenvalue weighted by molar-refractivity contribution is 8.00. The Hall–Kier alpha value is -1.15. The summed E-state index contributed by atoms with van der Waals surface area (Å²) >= 11 is 1.69. The summed E-state index contributed by atoms with van der Waals surface area (Å²) in [5.41, 5.74) is -3.31. The monoisotopic (exact) mass is 337 g/mol. The number of hydrogen-bond donors (Lipinski definition) is 2. The molecule has 0 aromatic carbocycles. The maximum absolute atomic E-state index is 13.2. The second-order valence-electron chi connectivity index (χ2n) is 5.38. The van der Waals surface area contributed by atoms with Crippen LogP contribution in [0, 0.1) is 6.92 Å². The van der Waals surface area contributed by atoms with Crippen LogP contribution in [0.1, 0.15) is 30.8 Å². The van der Waals surface area contributed by atoms with Gasteiger partial charge in [0.1, 0.15) is 11.5 Å². The molecule has 0 aliphatic carbocycles. The van der Waals surface area contributed by atoms with Crippen LogP contribution in [0.4, 0.5) is 13.2 Å². The number of amides is 1. The van der Waals surface area contributed by atoms with Gasteiger partial charge in [0, 0.05) is 11.8 Å². The Kier molecular flexibility index (Phi) is 5.11. The zero-order valence-corrected chi connectivity index (χ0v) is 12.9. The first kappa shape index (κ1) is 17.2. The number of aliphatic hydroxyl groups is 1. The van der Waals surface area contributed by atoms with Crippen molar-refractivity contribution in [1.82, 2.24) is 5.32 Å². The molecule has 1 aliphatic heterocycles. The largest absolute Gasteiger partial charge is 0.463 e. The van der Waals surface area contributed by atoms with Gasteiger partial charge in [0.05, 0.1) is 6.42 Å². The van der Waals surface area contributed by atoms with E-state index in [0.29, 0.717) is 6.54 Å². The van der Waals surface area contributed by atoms with E-state index in [-0.39, 0.29) is 11.0 Å². The predicted octanol–water partition coefficient (Wildman–Crippen LogP) is 2.74. The van der Waals surface area contributed by atoms with Gasteiger partial charge in [0.25, 0.3) is 0 Å². The van der Waals surface area contributed by atoms with Crippen molar-refractivity contribution >= 4 is 17.7 Å². The molecule has 0 spiro atoms. The molecule has 1 aromatic heterocycles. The molecule has 124 valence electrons. The summed E-state index contributed by atoms with van der Waals surface area (Å²) in [7, 11) is 0. The van der Waals surface area contributed by atoms with E-state index < -0.39 is 29.9 Å². The highest BCUT2D eigenvalue weighted by Gasteiger charge is 2.58. The van der Waals surface area contributed by atoms with Crippen molar-refractivity contribution in [3.63, 3.8) is 0 Å². The maximum Gasteiger partial charge on any atom is 0.425 e. The van der Waals surface area contributed by atoms with Crippen molar-refractivity contribution < 1.29 is 27.5 Å². The SMILES string of the molecule is Cc1ccc([C@@](O)(CC(=O)NC[C@@H]2CCCS2)C(F)(F)F)o1. The number of nitrogens with one attached hydrogen (secondary N) is 1. The van der Waals surface area contributed by atoms with Gasteiger partial charge < -0.3 is 14.8 Å². The molecule has 1 saturated heterocycles. The molecule has 1 aliphatic rings. The lowest BCUT2D eigenvalue weighted by Gasteiger charge is -2.28. The smallest absolute Gasteiger partial charge is 0.425 e. The minimum Gasteiger partial charge on any atom is -0.463 e. The summed E-state index contributed by atoms with van der Waals surface area (Å²) in [6.07, 6.45) is -4.13. The third-order valence-corrected chi connectivity index (χ3v) is 4.98. The number of halogens is 3. The van der Waals surface area contributed by atoms with Gasteiger partial charge in [-0.05, 0) is 37.7 Å². The molecule has 0 bridgehead atoms. The fraction of sp³-hybridized carbons (Fsp3) is 0.643. The predicted molar refractivity (Wildman–Crippen MR) is 76.5 cm³/mol. The van der Waals surface area contributed by atoms with Crippen molar-refractivity contribution in [3.05, 3.63) is 23.7 Å². The summed E-state index contributed by atoms with van der Waals surface area (Å²) in [6.45, 7) is 1.78. The number of rotatable bonds is 5. The lowest BCUT2D eigenvalue weighted by Crippen LogP contribution is -2.46. The van der Waals surface area contributed by atoms with Crippen LogP contribution < -0.4 is 5.32 Å². The first-order chi connectivity index (χ1) is 10.2. The molecule has 0 radical (unpaired) electrons. The summed E-state index contributed by atoms with van der Waals surface area (Å²) < 4.78 is 44.5. The van der Waals surface area contributed by atoms with Gasteiger partial charge >= 0.3 is 6.18 Å². The number of hydrogen-bond acceptors (Lipinski definition) is 4. The van der Waals surface area contributed by atoms with Crippen molar-refractivity contribution in [2.24, 2.45) is 0 Å². The van der Waals surface area contributed by atoms with E-state index >= 15 is 0 Å². The molecule has 2 rings (SSSR count). The fourth-order valence-electron chi connectivity index (χ4n) is 2.31. The summed E-state index contributed by atoms with van der Waals surface area (Å²) in [4.78, 5) is 11.8. The van der Waals surface area contributed by atoms with E-state index in [1.807, 2.05) is 0 Å². The molecule has 0 unspecified atom stereocenters. The third kappa shape index (κ3) is 3.78. The first-order valence-electron chi connectivity index (χ1n) is 6.97. The van der Waals surface area contributed by atoms with Gasteiger partial charge in [-0.15, -0.1) is 0 Å².